The predicted octanol–water partition coefficient (Wildman–Crippen LogP) is 2.58. The highest BCUT2D eigenvalue weighted by Crippen LogP contribution is 2.14. The van der Waals surface area contributed by atoms with E-state index in [1.807, 2.05) is 19.1 Å². The van der Waals surface area contributed by atoms with Crippen LogP contribution >= 0.6 is 0 Å². The molecule has 0 atom stereocenters. The summed E-state index contributed by atoms with van der Waals surface area (Å²) in [6, 6.07) is 15.0. The van der Waals surface area contributed by atoms with E-state index in [0.29, 0.717) is 16.9 Å². The first-order valence-electron chi connectivity index (χ1n) is 8.15. The smallest absolute Gasteiger partial charge is 0.337 e. The lowest BCUT2D eigenvalue weighted by Gasteiger charge is -2.10. The van der Waals surface area contributed by atoms with E-state index < -0.39 is 17.3 Å². The van der Waals surface area contributed by atoms with E-state index in [9.17, 15) is 14.4 Å². The molecule has 0 aliphatic carbocycles. The van der Waals surface area contributed by atoms with E-state index in [1.54, 1.807) is 36.4 Å². The maximum atomic E-state index is 12.5. The average molecular weight is 363 g/mol. The molecule has 136 valence electrons. The summed E-state index contributed by atoms with van der Waals surface area (Å²) in [6.07, 6.45) is 1.46. The zero-order valence-corrected chi connectivity index (χ0v) is 14.8. The maximum absolute atomic E-state index is 12.5. The molecular weight excluding hydrogens is 346 g/mol. The molecular formula is C20H17N3O4. The summed E-state index contributed by atoms with van der Waals surface area (Å²) < 4.78 is 6.06. The Kier molecular flexibility index (Phi) is 5.12. The van der Waals surface area contributed by atoms with Crippen LogP contribution in [0, 0.1) is 6.92 Å². The minimum atomic E-state index is -0.588. The number of nitrogens with one attached hydrogen (secondary N) is 1. The van der Waals surface area contributed by atoms with E-state index in [-0.39, 0.29) is 5.69 Å². The van der Waals surface area contributed by atoms with Crippen molar-refractivity contribution in [2.75, 3.05) is 12.4 Å². The van der Waals surface area contributed by atoms with Gasteiger partial charge in [-0.15, -0.1) is 0 Å². The number of benzene rings is 2. The van der Waals surface area contributed by atoms with Crippen LogP contribution in [0.3, 0.4) is 0 Å². The van der Waals surface area contributed by atoms with Gasteiger partial charge in [-0.05, 0) is 42.8 Å². The summed E-state index contributed by atoms with van der Waals surface area (Å²) >= 11 is 0. The second-order valence-corrected chi connectivity index (χ2v) is 5.78. The summed E-state index contributed by atoms with van der Waals surface area (Å²) in [6.45, 7) is 1.86. The third-order valence-electron chi connectivity index (χ3n) is 3.97. The molecule has 1 aromatic heterocycles. The van der Waals surface area contributed by atoms with Gasteiger partial charge in [0.05, 0.1) is 18.4 Å². The normalized spacial score (nSPS) is 10.3. The number of hydrogen-bond acceptors (Lipinski definition) is 5. The number of carbonyl (C=O) groups excluding carboxylic acids is 2. The van der Waals surface area contributed by atoms with Crippen molar-refractivity contribution in [3.8, 4) is 5.69 Å². The van der Waals surface area contributed by atoms with Crippen LogP contribution in [-0.4, -0.2) is 28.8 Å². The van der Waals surface area contributed by atoms with E-state index >= 15 is 0 Å². The zero-order chi connectivity index (χ0) is 19.4. The van der Waals surface area contributed by atoms with Crippen molar-refractivity contribution in [2.45, 2.75) is 6.92 Å². The van der Waals surface area contributed by atoms with Crippen LogP contribution in [0.4, 0.5) is 5.69 Å². The highest BCUT2D eigenvalue weighted by Gasteiger charge is 2.15. The molecule has 2 aromatic carbocycles. The predicted molar refractivity (Wildman–Crippen MR) is 100 cm³/mol. The third kappa shape index (κ3) is 3.92. The summed E-state index contributed by atoms with van der Waals surface area (Å²) in [5.74, 6) is -1.04. The first-order valence-corrected chi connectivity index (χ1v) is 8.15. The van der Waals surface area contributed by atoms with Crippen LogP contribution in [0.15, 0.2) is 65.6 Å². The maximum Gasteiger partial charge on any atom is 0.337 e. The number of para-hydroxylation sites is 1. The number of carbonyl (C=O) groups is 2. The molecule has 7 heteroatoms. The number of amides is 1. The standard InChI is InChI=1S/C20H17N3O4/c1-13-5-3-4-6-16(13)21-19(25)18-17(24)11-12-23(22-18)15-9-7-14(8-10-15)20(26)27-2/h3-12H,1-2H3,(H,21,25). The van der Waals surface area contributed by atoms with Crippen molar-refractivity contribution in [3.05, 3.63) is 87.8 Å². The number of anilines is 1. The number of nitrogens with zero attached hydrogens (tertiary/aromatic N) is 2. The molecule has 0 aliphatic rings. The van der Waals surface area contributed by atoms with Crippen molar-refractivity contribution < 1.29 is 14.3 Å². The summed E-state index contributed by atoms with van der Waals surface area (Å²) in [5, 5.41) is 6.84. The van der Waals surface area contributed by atoms with Gasteiger partial charge in [0.2, 0.25) is 5.43 Å². The van der Waals surface area contributed by atoms with Crippen molar-refractivity contribution in [3.63, 3.8) is 0 Å². The molecule has 0 aliphatic heterocycles. The highest BCUT2D eigenvalue weighted by molar-refractivity contribution is 6.03. The van der Waals surface area contributed by atoms with Gasteiger partial charge >= 0.3 is 5.97 Å². The molecule has 3 aromatic rings. The first kappa shape index (κ1) is 18.1. The van der Waals surface area contributed by atoms with Crippen LogP contribution in [0.1, 0.15) is 26.4 Å². The van der Waals surface area contributed by atoms with Gasteiger partial charge in [0, 0.05) is 18.0 Å². The van der Waals surface area contributed by atoms with Crippen LogP contribution in [0.25, 0.3) is 5.69 Å². The van der Waals surface area contributed by atoms with Crippen LogP contribution in [-0.2, 0) is 4.74 Å². The van der Waals surface area contributed by atoms with Gasteiger partial charge in [0.15, 0.2) is 5.69 Å². The van der Waals surface area contributed by atoms with Gasteiger partial charge < -0.3 is 10.1 Å². The molecule has 0 saturated carbocycles. The molecule has 0 spiro atoms. The van der Waals surface area contributed by atoms with Crippen molar-refractivity contribution in [2.24, 2.45) is 0 Å². The van der Waals surface area contributed by atoms with Crippen LogP contribution in [0.5, 0.6) is 0 Å². The molecule has 7 nitrogen and oxygen atoms in total. The molecule has 1 heterocycles. The van der Waals surface area contributed by atoms with Gasteiger partial charge in [0.25, 0.3) is 5.91 Å². The number of hydrogen-bond donors (Lipinski definition) is 1. The van der Waals surface area contributed by atoms with E-state index in [0.717, 1.165) is 5.56 Å². The van der Waals surface area contributed by atoms with Crippen LogP contribution < -0.4 is 10.7 Å². The molecule has 3 rings (SSSR count). The quantitative estimate of drug-likeness (QED) is 0.720. The molecule has 0 unspecified atom stereocenters. The summed E-state index contributed by atoms with van der Waals surface area (Å²) in [4.78, 5) is 36.1. The van der Waals surface area contributed by atoms with Crippen LogP contribution in [0.2, 0.25) is 0 Å². The van der Waals surface area contributed by atoms with Gasteiger partial charge in [-0.1, -0.05) is 18.2 Å². The lowest BCUT2D eigenvalue weighted by atomic mass is 10.2. The lowest BCUT2D eigenvalue weighted by molar-refractivity contribution is 0.0600. The third-order valence-corrected chi connectivity index (χ3v) is 3.97. The monoisotopic (exact) mass is 363 g/mol. The molecule has 0 radical (unpaired) electrons. The molecule has 27 heavy (non-hydrogen) atoms. The zero-order valence-electron chi connectivity index (χ0n) is 14.8. The van der Waals surface area contributed by atoms with E-state index in [2.05, 4.69) is 15.2 Å². The van der Waals surface area contributed by atoms with Crippen molar-refractivity contribution in [1.82, 2.24) is 9.78 Å². The van der Waals surface area contributed by atoms with Gasteiger partial charge in [-0.25, -0.2) is 9.48 Å². The Balaban J connectivity index is 1.90. The summed E-state index contributed by atoms with van der Waals surface area (Å²) in [7, 11) is 1.30. The SMILES string of the molecule is COC(=O)c1ccc(-n2ccc(=O)c(C(=O)Nc3ccccc3C)n2)cc1. The molecule has 0 bridgehead atoms. The first-order chi connectivity index (χ1) is 13.0. The fourth-order valence-electron chi connectivity index (χ4n) is 2.47. The number of esters is 1. The Labute approximate surface area is 155 Å². The summed E-state index contributed by atoms with van der Waals surface area (Å²) in [5.41, 5.74) is 1.76. The second-order valence-electron chi connectivity index (χ2n) is 5.78. The molecule has 1 amide bonds. The second kappa shape index (κ2) is 7.65. The highest BCUT2D eigenvalue weighted by atomic mass is 16.5. The van der Waals surface area contributed by atoms with Gasteiger partial charge in [0.1, 0.15) is 0 Å². The minimum absolute atomic E-state index is 0.224. The van der Waals surface area contributed by atoms with E-state index in [4.69, 9.17) is 0 Å². The Morgan fingerprint density at radius 3 is 2.41 bits per heavy atom. The topological polar surface area (TPSA) is 90.3 Å². The average Bonchev–Trinajstić information content (AvgIpc) is 2.69. The number of ether oxygens (including phenoxy) is 1. The Morgan fingerprint density at radius 1 is 1.04 bits per heavy atom. The Morgan fingerprint density at radius 2 is 1.74 bits per heavy atom. The fourth-order valence-corrected chi connectivity index (χ4v) is 2.47. The Hall–Kier alpha value is -3.74. The lowest BCUT2D eigenvalue weighted by Crippen LogP contribution is -2.25. The van der Waals surface area contributed by atoms with Gasteiger partial charge in [-0.2, -0.15) is 5.10 Å². The molecule has 0 saturated heterocycles. The number of aromatic nitrogens is 2. The van der Waals surface area contributed by atoms with E-state index in [1.165, 1.54) is 24.1 Å². The number of methoxy groups -OCH3 is 1. The Bertz CT molecular complexity index is 1060. The van der Waals surface area contributed by atoms with Crippen molar-refractivity contribution >= 4 is 17.6 Å². The molecule has 0 fully saturated rings. The van der Waals surface area contributed by atoms with Gasteiger partial charge in [-0.3, -0.25) is 9.59 Å². The number of rotatable bonds is 4. The minimum Gasteiger partial charge on any atom is -0.465 e. The fraction of sp³-hybridized carbons (Fsp3) is 0.100. The largest absolute Gasteiger partial charge is 0.465 e. The van der Waals surface area contributed by atoms with Crippen molar-refractivity contribution in [1.29, 1.82) is 0 Å². The number of aryl methyl sites for hydroxylation is 1. The molecule has 1 N–H and O–H groups in total.